The van der Waals surface area contributed by atoms with Crippen LogP contribution in [0.1, 0.15) is 44.4 Å². The summed E-state index contributed by atoms with van der Waals surface area (Å²) in [7, 11) is 0. The number of halogens is 1. The molecule has 0 saturated heterocycles. The summed E-state index contributed by atoms with van der Waals surface area (Å²) in [4.78, 5) is 22.2. The fraction of sp³-hybridized carbons (Fsp3) is 0.529. The second-order valence-corrected chi connectivity index (χ2v) is 6.65. The number of hydrogen-bond acceptors (Lipinski definition) is 5. The second kappa shape index (κ2) is 8.77. The van der Waals surface area contributed by atoms with Crippen LogP contribution in [0.5, 0.6) is 0 Å². The average Bonchev–Trinajstić information content (AvgIpc) is 2.46. The first-order chi connectivity index (χ1) is 11.5. The van der Waals surface area contributed by atoms with Gasteiger partial charge in [0.15, 0.2) is 0 Å². The van der Waals surface area contributed by atoms with Gasteiger partial charge in [0.2, 0.25) is 0 Å². The molecule has 25 heavy (non-hydrogen) atoms. The maximum Gasteiger partial charge on any atom is 0.407 e. The van der Waals surface area contributed by atoms with Gasteiger partial charge in [-0.05, 0) is 50.5 Å². The Morgan fingerprint density at radius 1 is 1.28 bits per heavy atom. The number of carbonyl (C=O) groups is 2. The van der Waals surface area contributed by atoms with Gasteiger partial charge in [0, 0.05) is 6.54 Å². The Balaban J connectivity index is 2.60. The molecule has 4 N–H and O–H groups in total. The summed E-state index contributed by atoms with van der Waals surface area (Å²) in [5.74, 6) is -1.90. The molecular formula is C17H24FNO6. The highest BCUT2D eigenvalue weighted by Crippen LogP contribution is 2.22. The number of aliphatic carboxylic acids is 1. The number of carboxylic acids is 1. The Bertz CT molecular complexity index is 614. The number of ether oxygens (including phenoxy) is 1. The number of nitrogens with one attached hydrogen (secondary N) is 1. The molecule has 0 bridgehead atoms. The van der Waals surface area contributed by atoms with E-state index in [1.807, 2.05) is 0 Å². The van der Waals surface area contributed by atoms with Crippen LogP contribution in [0.4, 0.5) is 9.18 Å². The van der Waals surface area contributed by atoms with Crippen molar-refractivity contribution < 1.29 is 34.0 Å². The van der Waals surface area contributed by atoms with Crippen molar-refractivity contribution in [3.05, 3.63) is 35.1 Å². The highest BCUT2D eigenvalue weighted by atomic mass is 19.1. The summed E-state index contributed by atoms with van der Waals surface area (Å²) in [6, 6.07) is 3.52. The molecule has 0 saturated carbocycles. The van der Waals surface area contributed by atoms with Crippen LogP contribution in [0.2, 0.25) is 0 Å². The lowest BCUT2D eigenvalue weighted by Gasteiger charge is -2.21. The van der Waals surface area contributed by atoms with Gasteiger partial charge in [-0.3, -0.25) is 4.79 Å². The van der Waals surface area contributed by atoms with Crippen LogP contribution in [0, 0.1) is 5.82 Å². The summed E-state index contributed by atoms with van der Waals surface area (Å²) < 4.78 is 18.6. The molecule has 0 fully saturated rings. The molecule has 140 valence electrons. The summed E-state index contributed by atoms with van der Waals surface area (Å²) in [6.45, 7) is 5.22. The van der Waals surface area contributed by atoms with E-state index in [1.165, 1.54) is 12.1 Å². The summed E-state index contributed by atoms with van der Waals surface area (Å²) in [6.07, 6.45) is -3.69. The zero-order valence-electron chi connectivity index (χ0n) is 14.5. The monoisotopic (exact) mass is 357 g/mol. The highest BCUT2D eigenvalue weighted by Gasteiger charge is 2.21. The zero-order chi connectivity index (χ0) is 19.2. The number of carboxylic acid groups (broad SMARTS) is 1. The molecule has 1 aromatic rings. The quantitative estimate of drug-likeness (QED) is 0.591. The zero-order valence-corrected chi connectivity index (χ0v) is 14.5. The number of amides is 1. The molecule has 0 radical (unpaired) electrons. The van der Waals surface area contributed by atoms with Gasteiger partial charge in [-0.15, -0.1) is 0 Å². The molecule has 0 heterocycles. The molecule has 1 amide bonds. The van der Waals surface area contributed by atoms with Crippen LogP contribution in [0.15, 0.2) is 18.2 Å². The number of aliphatic hydroxyl groups is 2. The van der Waals surface area contributed by atoms with E-state index in [9.17, 15) is 24.2 Å². The molecule has 2 atom stereocenters. The summed E-state index contributed by atoms with van der Waals surface area (Å²) in [5, 5.41) is 31.3. The van der Waals surface area contributed by atoms with E-state index in [1.54, 1.807) is 20.8 Å². The number of hydrogen-bond donors (Lipinski definition) is 4. The largest absolute Gasteiger partial charge is 0.481 e. The predicted octanol–water partition coefficient (Wildman–Crippen LogP) is 1.76. The Morgan fingerprint density at radius 2 is 1.92 bits per heavy atom. The van der Waals surface area contributed by atoms with Crippen LogP contribution < -0.4 is 5.32 Å². The number of benzene rings is 1. The fourth-order valence-corrected chi connectivity index (χ4v) is 2.09. The third-order valence-electron chi connectivity index (χ3n) is 3.23. The SMILES string of the molecule is CC(C)(C)OC(=O)NCCC(O)C(O)c1ccc(F)c(CC(=O)O)c1. The number of carbonyl (C=O) groups excluding carboxylic acids is 1. The first kappa shape index (κ1) is 20.9. The van der Waals surface area contributed by atoms with Crippen molar-refractivity contribution in [1.82, 2.24) is 5.32 Å². The highest BCUT2D eigenvalue weighted by molar-refractivity contribution is 5.70. The van der Waals surface area contributed by atoms with Crippen LogP contribution in [-0.2, 0) is 16.0 Å². The van der Waals surface area contributed by atoms with Crippen LogP contribution in [0.3, 0.4) is 0 Å². The lowest BCUT2D eigenvalue weighted by Crippen LogP contribution is -2.34. The minimum atomic E-state index is -1.34. The van der Waals surface area contributed by atoms with E-state index >= 15 is 0 Å². The number of aliphatic hydroxyl groups excluding tert-OH is 2. The Hall–Kier alpha value is -2.19. The molecule has 0 aliphatic carbocycles. The van der Waals surface area contributed by atoms with Crippen LogP contribution in [-0.4, -0.2) is 45.6 Å². The summed E-state index contributed by atoms with van der Waals surface area (Å²) in [5.41, 5.74) is -0.526. The fourth-order valence-electron chi connectivity index (χ4n) is 2.09. The standard InChI is InChI=1S/C17H24FNO6/c1-17(2,3)25-16(24)19-7-6-13(20)15(23)10-4-5-12(18)11(8-10)9-14(21)22/h4-5,8,13,15,20,23H,6-7,9H2,1-3H3,(H,19,24)(H,21,22). The minimum absolute atomic E-state index is 0.0338. The molecule has 8 heteroatoms. The Labute approximate surface area is 145 Å². The molecule has 1 rings (SSSR count). The van der Waals surface area contributed by atoms with Crippen molar-refractivity contribution in [2.75, 3.05) is 6.54 Å². The van der Waals surface area contributed by atoms with E-state index in [2.05, 4.69) is 5.32 Å². The van der Waals surface area contributed by atoms with Gasteiger partial charge >= 0.3 is 12.1 Å². The third-order valence-corrected chi connectivity index (χ3v) is 3.23. The van der Waals surface area contributed by atoms with Gasteiger partial charge < -0.3 is 25.4 Å². The average molecular weight is 357 g/mol. The first-order valence-electron chi connectivity index (χ1n) is 7.82. The number of alkyl carbamates (subject to hydrolysis) is 1. The van der Waals surface area contributed by atoms with Gasteiger partial charge in [-0.2, -0.15) is 0 Å². The molecule has 0 aliphatic rings. The molecule has 0 spiro atoms. The van der Waals surface area contributed by atoms with E-state index in [-0.39, 0.29) is 24.1 Å². The molecular weight excluding hydrogens is 333 g/mol. The Morgan fingerprint density at radius 3 is 2.48 bits per heavy atom. The molecule has 0 aromatic heterocycles. The van der Waals surface area contributed by atoms with Crippen molar-refractivity contribution in [3.63, 3.8) is 0 Å². The van der Waals surface area contributed by atoms with Gasteiger partial charge in [0.05, 0.1) is 12.5 Å². The maximum absolute atomic E-state index is 13.6. The van der Waals surface area contributed by atoms with Crippen molar-refractivity contribution in [2.45, 2.75) is 51.4 Å². The lowest BCUT2D eigenvalue weighted by atomic mass is 9.99. The van der Waals surface area contributed by atoms with E-state index < -0.39 is 42.1 Å². The predicted molar refractivity (Wildman–Crippen MR) is 87.6 cm³/mol. The normalized spacial score (nSPS) is 13.8. The van der Waals surface area contributed by atoms with Crippen molar-refractivity contribution in [3.8, 4) is 0 Å². The molecule has 0 aliphatic heterocycles. The number of rotatable bonds is 7. The van der Waals surface area contributed by atoms with E-state index in [0.29, 0.717) is 0 Å². The van der Waals surface area contributed by atoms with Crippen molar-refractivity contribution in [2.24, 2.45) is 0 Å². The third kappa shape index (κ3) is 7.49. The minimum Gasteiger partial charge on any atom is -0.481 e. The second-order valence-electron chi connectivity index (χ2n) is 6.65. The first-order valence-corrected chi connectivity index (χ1v) is 7.82. The molecule has 7 nitrogen and oxygen atoms in total. The Kier molecular flexibility index (Phi) is 7.32. The van der Waals surface area contributed by atoms with Crippen molar-refractivity contribution >= 4 is 12.1 Å². The smallest absolute Gasteiger partial charge is 0.407 e. The van der Waals surface area contributed by atoms with Gasteiger partial charge in [0.1, 0.15) is 17.5 Å². The summed E-state index contributed by atoms with van der Waals surface area (Å²) >= 11 is 0. The topological polar surface area (TPSA) is 116 Å². The van der Waals surface area contributed by atoms with Gasteiger partial charge in [-0.25, -0.2) is 9.18 Å². The molecule has 2 unspecified atom stereocenters. The van der Waals surface area contributed by atoms with Crippen LogP contribution >= 0.6 is 0 Å². The van der Waals surface area contributed by atoms with Gasteiger partial charge in [-0.1, -0.05) is 6.07 Å². The van der Waals surface area contributed by atoms with Gasteiger partial charge in [0.25, 0.3) is 0 Å². The maximum atomic E-state index is 13.6. The van der Waals surface area contributed by atoms with Crippen molar-refractivity contribution in [1.29, 1.82) is 0 Å². The van der Waals surface area contributed by atoms with Crippen LogP contribution in [0.25, 0.3) is 0 Å². The van der Waals surface area contributed by atoms with E-state index in [0.717, 1.165) is 6.07 Å². The lowest BCUT2D eigenvalue weighted by molar-refractivity contribution is -0.136. The molecule has 1 aromatic carbocycles. The van der Waals surface area contributed by atoms with E-state index in [4.69, 9.17) is 9.84 Å².